The van der Waals surface area contributed by atoms with E-state index >= 15 is 0 Å². The summed E-state index contributed by atoms with van der Waals surface area (Å²) in [4.78, 5) is 0. The zero-order valence-corrected chi connectivity index (χ0v) is 16.0. The average molecular weight is 405 g/mol. The van der Waals surface area contributed by atoms with Crippen LogP contribution in [-0.4, -0.2) is 7.27 Å². The molecule has 0 aliphatic rings. The van der Waals surface area contributed by atoms with Crippen LogP contribution in [-0.2, 0) is 0 Å². The van der Waals surface area contributed by atoms with Crippen molar-refractivity contribution in [3.05, 3.63) is 143 Å². The number of hydrogen-bond donors (Lipinski definition) is 0. The molecule has 0 amide bonds. The second-order valence-electron chi connectivity index (χ2n) is 6.42. The second kappa shape index (κ2) is 10.4. The van der Waals surface area contributed by atoms with E-state index in [-0.39, 0.29) is 0 Å². The number of hydrogen-bond acceptors (Lipinski definition) is 0. The molecule has 0 fully saturated rings. The summed E-state index contributed by atoms with van der Waals surface area (Å²) in [6, 6.07) is 34.3. The van der Waals surface area contributed by atoms with Crippen molar-refractivity contribution in [2.75, 3.05) is 0 Å². The van der Waals surface area contributed by atoms with E-state index in [1.807, 2.05) is 0 Å². The van der Waals surface area contributed by atoms with Crippen molar-refractivity contribution in [3.63, 3.8) is 0 Å². The molecule has 30 heavy (non-hydrogen) atoms. The SMILES string of the molecule is FB(F)c1cccc(F)c1F.c1ccc([C](c2ccccc2)c2ccccc2)cc1. The van der Waals surface area contributed by atoms with Crippen molar-refractivity contribution in [1.82, 2.24) is 0 Å². The van der Waals surface area contributed by atoms with Gasteiger partial charge in [0.1, 0.15) is 0 Å². The van der Waals surface area contributed by atoms with Crippen molar-refractivity contribution in [2.24, 2.45) is 0 Å². The molecule has 0 heterocycles. The fraction of sp³-hybridized carbons (Fsp3) is 0. The van der Waals surface area contributed by atoms with Crippen molar-refractivity contribution in [3.8, 4) is 0 Å². The molecule has 0 saturated heterocycles. The van der Waals surface area contributed by atoms with Crippen molar-refractivity contribution < 1.29 is 17.4 Å². The Hall–Kier alpha value is -3.34. The normalized spacial score (nSPS) is 10.3. The van der Waals surface area contributed by atoms with Crippen molar-refractivity contribution in [2.45, 2.75) is 0 Å². The minimum atomic E-state index is -2.97. The monoisotopic (exact) mass is 405 g/mol. The van der Waals surface area contributed by atoms with E-state index in [2.05, 4.69) is 91.0 Å². The van der Waals surface area contributed by atoms with Gasteiger partial charge in [-0.3, -0.25) is 8.63 Å². The molecular weight excluding hydrogens is 387 g/mol. The Morgan fingerprint density at radius 2 is 0.900 bits per heavy atom. The maximum Gasteiger partial charge on any atom is 0.575 e. The lowest BCUT2D eigenvalue weighted by Crippen LogP contribution is -2.25. The van der Waals surface area contributed by atoms with Crippen molar-refractivity contribution >= 4 is 12.7 Å². The van der Waals surface area contributed by atoms with Crippen LogP contribution >= 0.6 is 0 Å². The van der Waals surface area contributed by atoms with Crippen LogP contribution in [0.3, 0.4) is 0 Å². The molecule has 0 atom stereocenters. The van der Waals surface area contributed by atoms with Gasteiger partial charge in [0.25, 0.3) is 0 Å². The molecule has 0 N–H and O–H groups in total. The Bertz CT molecular complexity index is 945. The molecule has 0 spiro atoms. The highest BCUT2D eigenvalue weighted by Gasteiger charge is 2.22. The molecule has 4 aromatic carbocycles. The predicted octanol–water partition coefficient (Wildman–Crippen LogP) is 6.30. The average Bonchev–Trinajstić information content (AvgIpc) is 2.78. The summed E-state index contributed by atoms with van der Waals surface area (Å²) in [5.41, 5.74) is 2.85. The Morgan fingerprint density at radius 3 is 1.23 bits per heavy atom. The second-order valence-corrected chi connectivity index (χ2v) is 6.42. The van der Waals surface area contributed by atoms with Gasteiger partial charge in [0.05, 0.1) is 5.92 Å². The summed E-state index contributed by atoms with van der Waals surface area (Å²) in [5.74, 6) is -1.44. The first-order valence-electron chi connectivity index (χ1n) is 9.33. The van der Waals surface area contributed by atoms with Crippen molar-refractivity contribution in [1.29, 1.82) is 0 Å². The molecule has 0 bridgehead atoms. The van der Waals surface area contributed by atoms with Gasteiger partial charge in [-0.05, 0) is 22.8 Å². The van der Waals surface area contributed by atoms with Gasteiger partial charge in [-0.25, -0.2) is 8.78 Å². The van der Waals surface area contributed by atoms with Crippen LogP contribution in [0.1, 0.15) is 16.7 Å². The van der Waals surface area contributed by atoms with E-state index < -0.39 is 24.4 Å². The summed E-state index contributed by atoms with van der Waals surface area (Å²) in [7, 11) is -2.97. The largest absolute Gasteiger partial charge is 0.575 e. The van der Waals surface area contributed by atoms with E-state index in [1.54, 1.807) is 0 Å². The first-order valence-corrected chi connectivity index (χ1v) is 9.33. The summed E-state index contributed by atoms with van der Waals surface area (Å²) < 4.78 is 48.2. The standard InChI is InChI=1S/C19H15.C6H3BF4/c1-4-10-16(11-5-1)19(17-12-6-2-7-13-17)18-14-8-3-9-15-18;8-5-3-1-2-4(6(5)9)7(10)11/h1-15H;1-3H. The highest BCUT2D eigenvalue weighted by atomic mass is 19.2. The molecule has 0 nitrogen and oxygen atoms in total. The fourth-order valence-electron chi connectivity index (χ4n) is 3.00. The van der Waals surface area contributed by atoms with Crippen LogP contribution in [0.15, 0.2) is 109 Å². The molecule has 0 unspecified atom stereocenters. The molecule has 0 aliphatic heterocycles. The van der Waals surface area contributed by atoms with Gasteiger partial charge in [-0.15, -0.1) is 0 Å². The Labute approximate surface area is 174 Å². The van der Waals surface area contributed by atoms with Gasteiger partial charge >= 0.3 is 7.27 Å². The number of rotatable bonds is 4. The topological polar surface area (TPSA) is 0 Å². The van der Waals surface area contributed by atoms with E-state index in [4.69, 9.17) is 0 Å². The lowest BCUT2D eigenvalue weighted by atomic mass is 9.85. The highest BCUT2D eigenvalue weighted by molar-refractivity contribution is 6.60. The maximum absolute atomic E-state index is 12.4. The number of benzene rings is 4. The van der Waals surface area contributed by atoms with Crippen LogP contribution in [0, 0.1) is 17.6 Å². The molecule has 149 valence electrons. The Morgan fingerprint density at radius 1 is 0.500 bits per heavy atom. The van der Waals surface area contributed by atoms with Crippen LogP contribution in [0.4, 0.5) is 17.4 Å². The zero-order valence-electron chi connectivity index (χ0n) is 16.0. The third kappa shape index (κ3) is 5.38. The van der Waals surface area contributed by atoms with Gasteiger partial charge in [-0.2, -0.15) is 0 Å². The van der Waals surface area contributed by atoms with Gasteiger partial charge < -0.3 is 0 Å². The van der Waals surface area contributed by atoms with Gasteiger partial charge in [0.15, 0.2) is 11.6 Å². The highest BCUT2D eigenvalue weighted by Crippen LogP contribution is 2.30. The zero-order chi connectivity index (χ0) is 21.3. The molecule has 0 saturated carbocycles. The summed E-state index contributed by atoms with van der Waals surface area (Å²) in [5, 5.41) is 0. The van der Waals surface area contributed by atoms with Gasteiger partial charge in [0.2, 0.25) is 0 Å². The molecule has 1 radical (unpaired) electrons. The molecular formula is C25H18BF4. The smallest absolute Gasteiger partial charge is 0.281 e. The summed E-state index contributed by atoms with van der Waals surface area (Å²) in [6.07, 6.45) is 0. The summed E-state index contributed by atoms with van der Waals surface area (Å²) in [6.45, 7) is 0. The van der Waals surface area contributed by atoms with Crippen LogP contribution in [0.2, 0.25) is 0 Å². The predicted molar refractivity (Wildman–Crippen MR) is 114 cm³/mol. The molecule has 4 aromatic rings. The Balaban J connectivity index is 0.000000199. The third-order valence-electron chi connectivity index (χ3n) is 4.40. The van der Waals surface area contributed by atoms with Crippen LogP contribution in [0.25, 0.3) is 0 Å². The summed E-state index contributed by atoms with van der Waals surface area (Å²) >= 11 is 0. The van der Waals surface area contributed by atoms with Crippen LogP contribution < -0.4 is 5.46 Å². The fourth-order valence-corrected chi connectivity index (χ4v) is 3.00. The lowest BCUT2D eigenvalue weighted by molar-refractivity contribution is 0.511. The minimum absolute atomic E-state index is 0.793. The quantitative estimate of drug-likeness (QED) is 0.212. The van der Waals surface area contributed by atoms with Gasteiger partial charge in [-0.1, -0.05) is 103 Å². The maximum atomic E-state index is 12.4. The molecule has 0 aromatic heterocycles. The first-order chi connectivity index (χ1) is 14.6. The van der Waals surface area contributed by atoms with E-state index in [0.29, 0.717) is 0 Å². The van der Waals surface area contributed by atoms with E-state index in [0.717, 1.165) is 18.2 Å². The number of halogens is 4. The van der Waals surface area contributed by atoms with E-state index in [1.165, 1.54) is 22.6 Å². The third-order valence-corrected chi connectivity index (χ3v) is 4.40. The minimum Gasteiger partial charge on any atom is -0.281 e. The molecule has 5 heteroatoms. The molecule has 0 aliphatic carbocycles. The lowest BCUT2D eigenvalue weighted by Gasteiger charge is -2.17. The molecule has 4 rings (SSSR count). The van der Waals surface area contributed by atoms with E-state index in [9.17, 15) is 17.4 Å². The first kappa shape index (κ1) is 21.4. The van der Waals surface area contributed by atoms with Gasteiger partial charge in [0, 0.05) is 5.46 Å². The van der Waals surface area contributed by atoms with Crippen LogP contribution in [0.5, 0.6) is 0 Å². The Kier molecular flexibility index (Phi) is 7.44.